The first kappa shape index (κ1) is 18.4. The van der Waals surface area contributed by atoms with E-state index < -0.39 is 0 Å². The van der Waals surface area contributed by atoms with E-state index in [-0.39, 0.29) is 11.9 Å². The zero-order valence-corrected chi connectivity index (χ0v) is 15.0. The average Bonchev–Trinajstić information content (AvgIpc) is 2.57. The summed E-state index contributed by atoms with van der Waals surface area (Å²) in [6.45, 7) is 5.27. The van der Waals surface area contributed by atoms with E-state index in [2.05, 4.69) is 19.9 Å². The fourth-order valence-electron chi connectivity index (χ4n) is 3.50. The molecule has 0 amide bonds. The molecule has 1 nitrogen and oxygen atoms in total. The quantitative estimate of drug-likeness (QED) is 0.479. The number of unbranched alkanes of at least 4 members (excludes halogenated alkanes) is 5. The molecule has 130 valence electrons. The number of hydrogen-bond acceptors (Lipinski definition) is 1. The van der Waals surface area contributed by atoms with Crippen molar-refractivity contribution in [3.05, 3.63) is 34.6 Å². The predicted octanol–water partition coefficient (Wildman–Crippen LogP) is 6.01. The van der Waals surface area contributed by atoms with Crippen molar-refractivity contribution in [1.82, 2.24) is 0 Å². The highest BCUT2D eigenvalue weighted by atomic mass is 19.1. The van der Waals surface area contributed by atoms with Crippen LogP contribution in [0.25, 0.3) is 0 Å². The Labute approximate surface area is 141 Å². The van der Waals surface area contributed by atoms with Gasteiger partial charge in [0.1, 0.15) is 5.82 Å². The van der Waals surface area contributed by atoms with E-state index in [4.69, 9.17) is 4.74 Å². The van der Waals surface area contributed by atoms with Crippen LogP contribution in [0.3, 0.4) is 0 Å². The van der Waals surface area contributed by atoms with E-state index >= 15 is 0 Å². The van der Waals surface area contributed by atoms with Crippen molar-refractivity contribution in [3.63, 3.8) is 0 Å². The molecule has 0 saturated heterocycles. The van der Waals surface area contributed by atoms with Crippen LogP contribution in [-0.2, 0) is 24.0 Å². The van der Waals surface area contributed by atoms with Crippen LogP contribution in [0.4, 0.5) is 4.39 Å². The van der Waals surface area contributed by atoms with Gasteiger partial charge < -0.3 is 4.74 Å². The molecule has 0 spiro atoms. The summed E-state index contributed by atoms with van der Waals surface area (Å²) in [5.41, 5.74) is 3.05. The second-order valence-electron chi connectivity index (χ2n) is 6.93. The fraction of sp³-hybridized carbons (Fsp3) is 0.714. The summed E-state index contributed by atoms with van der Waals surface area (Å²) in [6.07, 6.45) is 12.3. The highest BCUT2D eigenvalue weighted by molar-refractivity contribution is 5.36. The minimum absolute atomic E-state index is 0.0694. The molecule has 1 aliphatic rings. The lowest BCUT2D eigenvalue weighted by Crippen LogP contribution is -2.24. The third-order valence-corrected chi connectivity index (χ3v) is 4.99. The van der Waals surface area contributed by atoms with Gasteiger partial charge in [-0.15, -0.1) is 0 Å². The Balaban J connectivity index is 1.85. The Morgan fingerprint density at radius 3 is 2.61 bits per heavy atom. The lowest BCUT2D eigenvalue weighted by molar-refractivity contribution is 0.0414. The molecular formula is C21H33FO. The molecule has 1 aliphatic carbocycles. The molecule has 23 heavy (non-hydrogen) atoms. The first-order valence-corrected chi connectivity index (χ1v) is 9.67. The number of benzene rings is 1. The van der Waals surface area contributed by atoms with E-state index in [1.807, 2.05) is 6.07 Å². The van der Waals surface area contributed by atoms with Crippen molar-refractivity contribution in [2.45, 2.75) is 90.6 Å². The second-order valence-corrected chi connectivity index (χ2v) is 6.93. The molecule has 2 heteroatoms. The zero-order chi connectivity index (χ0) is 16.5. The molecule has 0 N–H and O–H groups in total. The number of aryl methyl sites for hydroxylation is 1. The van der Waals surface area contributed by atoms with E-state index in [1.54, 1.807) is 0 Å². The van der Waals surface area contributed by atoms with Gasteiger partial charge in [-0.2, -0.15) is 0 Å². The maximum atomic E-state index is 14.7. The minimum atomic E-state index is 0.0694. The number of fused-ring (bicyclic) bond motifs is 1. The van der Waals surface area contributed by atoms with E-state index in [0.29, 0.717) is 0 Å². The largest absolute Gasteiger partial charge is 0.378 e. The maximum absolute atomic E-state index is 14.7. The van der Waals surface area contributed by atoms with Crippen molar-refractivity contribution in [2.75, 3.05) is 6.61 Å². The van der Waals surface area contributed by atoms with Crippen molar-refractivity contribution >= 4 is 0 Å². The molecule has 1 aromatic rings. The molecule has 0 saturated carbocycles. The first-order chi connectivity index (χ1) is 11.3. The van der Waals surface area contributed by atoms with Gasteiger partial charge in [0, 0.05) is 6.61 Å². The van der Waals surface area contributed by atoms with Crippen LogP contribution >= 0.6 is 0 Å². The smallest absolute Gasteiger partial charge is 0.129 e. The van der Waals surface area contributed by atoms with Crippen molar-refractivity contribution < 1.29 is 9.13 Å². The van der Waals surface area contributed by atoms with Gasteiger partial charge in [0.15, 0.2) is 0 Å². The van der Waals surface area contributed by atoms with E-state index in [9.17, 15) is 4.39 Å². The van der Waals surface area contributed by atoms with Crippen molar-refractivity contribution in [3.8, 4) is 0 Å². The monoisotopic (exact) mass is 320 g/mol. The molecule has 1 atom stereocenters. The molecule has 0 aliphatic heterocycles. The Bertz CT molecular complexity index is 469. The minimum Gasteiger partial charge on any atom is -0.378 e. The molecule has 0 aromatic heterocycles. The van der Waals surface area contributed by atoms with Gasteiger partial charge in [0.05, 0.1) is 6.10 Å². The summed E-state index contributed by atoms with van der Waals surface area (Å²) in [4.78, 5) is 0. The first-order valence-electron chi connectivity index (χ1n) is 9.67. The van der Waals surface area contributed by atoms with Gasteiger partial charge >= 0.3 is 0 Å². The van der Waals surface area contributed by atoms with E-state index in [1.165, 1.54) is 37.7 Å². The summed E-state index contributed by atoms with van der Waals surface area (Å²) in [5, 5.41) is 0. The molecule has 1 unspecified atom stereocenters. The van der Waals surface area contributed by atoms with Crippen LogP contribution in [0, 0.1) is 5.82 Å². The number of hydrogen-bond donors (Lipinski definition) is 0. The summed E-state index contributed by atoms with van der Waals surface area (Å²) < 4.78 is 20.7. The topological polar surface area (TPSA) is 9.23 Å². The van der Waals surface area contributed by atoms with Gasteiger partial charge in [0.2, 0.25) is 0 Å². The van der Waals surface area contributed by atoms with Crippen LogP contribution in [-0.4, -0.2) is 12.7 Å². The highest BCUT2D eigenvalue weighted by Crippen LogP contribution is 2.28. The molecule has 0 bridgehead atoms. The van der Waals surface area contributed by atoms with Crippen LogP contribution in [0.1, 0.15) is 81.9 Å². The Hall–Kier alpha value is -0.890. The van der Waals surface area contributed by atoms with Gasteiger partial charge in [-0.25, -0.2) is 4.39 Å². The fourth-order valence-corrected chi connectivity index (χ4v) is 3.50. The third kappa shape index (κ3) is 5.60. The van der Waals surface area contributed by atoms with Crippen LogP contribution in [0.2, 0.25) is 0 Å². The Kier molecular flexibility index (Phi) is 8.08. The van der Waals surface area contributed by atoms with Crippen molar-refractivity contribution in [1.29, 1.82) is 0 Å². The molecule has 0 radical (unpaired) electrons. The molecule has 0 heterocycles. The van der Waals surface area contributed by atoms with Gasteiger partial charge in [-0.3, -0.25) is 0 Å². The van der Waals surface area contributed by atoms with Crippen LogP contribution < -0.4 is 0 Å². The zero-order valence-electron chi connectivity index (χ0n) is 15.0. The molecule has 2 rings (SSSR count). The van der Waals surface area contributed by atoms with Crippen molar-refractivity contribution in [2.24, 2.45) is 0 Å². The molecule has 1 aromatic carbocycles. The summed E-state index contributed by atoms with van der Waals surface area (Å²) in [5.74, 6) is 0.0694. The number of rotatable bonds is 10. The Morgan fingerprint density at radius 1 is 1.04 bits per heavy atom. The number of ether oxygens (including phenoxy) is 1. The maximum Gasteiger partial charge on any atom is 0.129 e. The van der Waals surface area contributed by atoms with Gasteiger partial charge in [-0.05, 0) is 55.2 Å². The second kappa shape index (κ2) is 10.1. The van der Waals surface area contributed by atoms with E-state index in [0.717, 1.165) is 56.3 Å². The number of halogens is 1. The van der Waals surface area contributed by atoms with Crippen LogP contribution in [0.15, 0.2) is 12.1 Å². The van der Waals surface area contributed by atoms with Crippen LogP contribution in [0.5, 0.6) is 0 Å². The standard InChI is InChI=1S/C21H33FO/c1-3-5-7-9-15-23-19-13-14-20-18(16-19)12-11-17(21(20)22)10-8-6-4-2/h11-12,19H,3-10,13-16H2,1-2H3. The van der Waals surface area contributed by atoms with Gasteiger partial charge in [-0.1, -0.05) is 58.1 Å². The normalized spacial score (nSPS) is 17.3. The highest BCUT2D eigenvalue weighted by Gasteiger charge is 2.22. The molecular weight excluding hydrogens is 287 g/mol. The third-order valence-electron chi connectivity index (χ3n) is 4.99. The summed E-state index contributed by atoms with van der Waals surface area (Å²) in [7, 11) is 0. The Morgan fingerprint density at radius 2 is 1.83 bits per heavy atom. The predicted molar refractivity (Wildman–Crippen MR) is 95.5 cm³/mol. The lowest BCUT2D eigenvalue weighted by atomic mass is 9.87. The summed E-state index contributed by atoms with van der Waals surface area (Å²) in [6, 6.07) is 4.15. The lowest BCUT2D eigenvalue weighted by Gasteiger charge is -2.26. The average molecular weight is 320 g/mol. The summed E-state index contributed by atoms with van der Waals surface area (Å²) >= 11 is 0. The SMILES string of the molecule is CCCCCCOC1CCc2c(ccc(CCCCC)c2F)C1. The van der Waals surface area contributed by atoms with Gasteiger partial charge in [0.25, 0.3) is 0 Å². The molecule has 0 fully saturated rings.